The van der Waals surface area contributed by atoms with E-state index < -0.39 is 17.8 Å². The fraction of sp³-hybridized carbons (Fsp3) is 0.211. The molecule has 9 heteroatoms. The first-order valence-electron chi connectivity index (χ1n) is 8.33. The summed E-state index contributed by atoms with van der Waals surface area (Å²) in [5.41, 5.74) is 4.28. The lowest BCUT2D eigenvalue weighted by Gasteiger charge is -2.14. The summed E-state index contributed by atoms with van der Waals surface area (Å²) in [6.45, 7) is 0.0516. The molecule has 0 aromatic heterocycles. The van der Waals surface area contributed by atoms with Crippen molar-refractivity contribution < 1.29 is 28.2 Å². The summed E-state index contributed by atoms with van der Waals surface area (Å²) in [6.07, 6.45) is -0.0529. The molecule has 2 aromatic carbocycles. The largest absolute Gasteiger partial charge is 0.469 e. The van der Waals surface area contributed by atoms with Crippen LogP contribution in [-0.4, -0.2) is 38.7 Å². The van der Waals surface area contributed by atoms with Crippen LogP contribution in [0.4, 0.5) is 9.18 Å². The van der Waals surface area contributed by atoms with E-state index in [0.717, 1.165) is 0 Å². The molecule has 0 aliphatic carbocycles. The number of fused-ring (bicyclic) bond motifs is 1. The molecule has 8 nitrogen and oxygen atoms in total. The number of carbonyl (C=O) groups excluding carboxylic acids is 2. The fourth-order valence-electron chi connectivity index (χ4n) is 2.63. The van der Waals surface area contributed by atoms with E-state index in [2.05, 4.69) is 15.8 Å². The van der Waals surface area contributed by atoms with Gasteiger partial charge in [0.2, 0.25) is 6.79 Å². The Morgan fingerprint density at radius 2 is 1.86 bits per heavy atom. The van der Waals surface area contributed by atoms with E-state index in [0.29, 0.717) is 33.9 Å². The monoisotopic (exact) mass is 387 g/mol. The highest BCUT2D eigenvalue weighted by atomic mass is 19.1. The summed E-state index contributed by atoms with van der Waals surface area (Å²) in [5.74, 6) is 0.0828. The van der Waals surface area contributed by atoms with E-state index in [9.17, 15) is 14.0 Å². The summed E-state index contributed by atoms with van der Waals surface area (Å²) in [6, 6.07) is 8.38. The first kappa shape index (κ1) is 19.2. The van der Waals surface area contributed by atoms with Crippen molar-refractivity contribution in [1.82, 2.24) is 10.7 Å². The molecule has 0 saturated heterocycles. The summed E-state index contributed by atoms with van der Waals surface area (Å²) < 4.78 is 29.0. The lowest BCUT2D eigenvalue weighted by atomic mass is 9.95. The molecule has 0 radical (unpaired) electrons. The van der Waals surface area contributed by atoms with E-state index in [1.807, 2.05) is 0 Å². The van der Waals surface area contributed by atoms with Gasteiger partial charge >= 0.3 is 12.0 Å². The molecule has 2 amide bonds. The van der Waals surface area contributed by atoms with Crippen molar-refractivity contribution in [3.05, 3.63) is 58.9 Å². The number of hydrogen-bond acceptors (Lipinski definition) is 6. The van der Waals surface area contributed by atoms with E-state index in [1.54, 1.807) is 12.1 Å². The Kier molecular flexibility index (Phi) is 5.73. The Labute approximate surface area is 160 Å². The quantitative estimate of drug-likeness (QED) is 0.464. The molecule has 1 aliphatic rings. The molecule has 0 saturated carbocycles. The molecule has 0 bridgehead atoms. The summed E-state index contributed by atoms with van der Waals surface area (Å²) in [5, 5.41) is 6.56. The third-order valence-electron chi connectivity index (χ3n) is 4.03. The Balaban J connectivity index is 2.13. The van der Waals surface area contributed by atoms with Crippen molar-refractivity contribution in [1.29, 1.82) is 0 Å². The van der Waals surface area contributed by atoms with Crippen molar-refractivity contribution in [2.45, 2.75) is 6.42 Å². The smallest absolute Gasteiger partial charge is 0.334 e. The zero-order valence-electron chi connectivity index (χ0n) is 15.2. The molecule has 0 unspecified atom stereocenters. The predicted octanol–water partition coefficient (Wildman–Crippen LogP) is 1.95. The number of benzene rings is 2. The van der Waals surface area contributed by atoms with Gasteiger partial charge in [-0.1, -0.05) is 0 Å². The maximum Gasteiger partial charge on any atom is 0.334 e. The average molecular weight is 387 g/mol. The van der Waals surface area contributed by atoms with Crippen LogP contribution in [-0.2, 0) is 16.0 Å². The molecule has 0 spiro atoms. The lowest BCUT2D eigenvalue weighted by molar-refractivity contribution is -0.139. The third-order valence-corrected chi connectivity index (χ3v) is 4.03. The first-order chi connectivity index (χ1) is 13.5. The highest BCUT2D eigenvalue weighted by Gasteiger charge is 2.22. The van der Waals surface area contributed by atoms with Crippen LogP contribution in [0.5, 0.6) is 11.5 Å². The van der Waals surface area contributed by atoms with E-state index in [4.69, 9.17) is 14.2 Å². The molecule has 2 N–H and O–H groups in total. The maximum absolute atomic E-state index is 13.4. The first-order valence-corrected chi connectivity index (χ1v) is 8.33. The molecular formula is C19H18FN3O5. The van der Waals surface area contributed by atoms with Crippen LogP contribution in [0.25, 0.3) is 0 Å². The van der Waals surface area contributed by atoms with Crippen LogP contribution in [0.15, 0.2) is 41.5 Å². The average Bonchev–Trinajstić information content (AvgIpc) is 3.16. The minimum absolute atomic E-state index is 0.0516. The van der Waals surface area contributed by atoms with Gasteiger partial charge in [-0.3, -0.25) is 4.79 Å². The number of hydrogen-bond donors (Lipinski definition) is 2. The van der Waals surface area contributed by atoms with Gasteiger partial charge in [0.05, 0.1) is 19.2 Å². The number of methoxy groups -OCH3 is 1. The second-order valence-electron chi connectivity index (χ2n) is 5.77. The lowest BCUT2D eigenvalue weighted by Crippen LogP contribution is -2.30. The topological polar surface area (TPSA) is 98.3 Å². The van der Waals surface area contributed by atoms with E-state index in [-0.39, 0.29) is 13.2 Å². The van der Waals surface area contributed by atoms with Crippen molar-refractivity contribution in [3.8, 4) is 11.5 Å². The van der Waals surface area contributed by atoms with Gasteiger partial charge in [0, 0.05) is 18.2 Å². The Bertz CT molecular complexity index is 928. The van der Waals surface area contributed by atoms with Crippen LogP contribution in [0.2, 0.25) is 0 Å². The SMILES string of the molecule is CNC(=O)N/N=C(/c1ccc(F)cc1)c1cc2c(cc1CC(=O)OC)OCO2. The molecule has 2 aromatic rings. The molecule has 1 heterocycles. The number of urea groups is 1. The van der Waals surface area contributed by atoms with Gasteiger partial charge in [0.15, 0.2) is 11.5 Å². The number of hydrazone groups is 1. The Morgan fingerprint density at radius 1 is 1.18 bits per heavy atom. The van der Waals surface area contributed by atoms with Gasteiger partial charge < -0.3 is 19.5 Å². The molecular weight excluding hydrogens is 369 g/mol. The second-order valence-corrected chi connectivity index (χ2v) is 5.77. The number of esters is 1. The summed E-state index contributed by atoms with van der Waals surface area (Å²) >= 11 is 0. The number of rotatable bonds is 5. The molecule has 0 fully saturated rings. The number of amides is 2. The van der Waals surface area contributed by atoms with Crippen LogP contribution in [0.3, 0.4) is 0 Å². The highest BCUT2D eigenvalue weighted by molar-refractivity contribution is 6.14. The van der Waals surface area contributed by atoms with Crippen LogP contribution >= 0.6 is 0 Å². The van der Waals surface area contributed by atoms with Crippen LogP contribution in [0, 0.1) is 5.82 Å². The maximum atomic E-state index is 13.4. The Hall–Kier alpha value is -3.62. The van der Waals surface area contributed by atoms with E-state index >= 15 is 0 Å². The standard InChI is InChI=1S/C19H18FN3O5/c1-21-19(25)23-22-18(11-3-5-13(20)6-4-11)14-9-16-15(27-10-28-16)7-12(14)8-17(24)26-2/h3-7,9H,8,10H2,1-2H3,(H2,21,23,25)/b22-18-. The van der Waals surface area contributed by atoms with Gasteiger partial charge in [-0.05, 0) is 42.0 Å². The van der Waals surface area contributed by atoms with Crippen molar-refractivity contribution in [2.75, 3.05) is 21.0 Å². The van der Waals surface area contributed by atoms with Crippen molar-refractivity contribution in [3.63, 3.8) is 0 Å². The third kappa shape index (κ3) is 4.20. The Morgan fingerprint density at radius 3 is 2.50 bits per heavy atom. The predicted molar refractivity (Wildman–Crippen MR) is 97.9 cm³/mol. The zero-order chi connectivity index (χ0) is 20.1. The number of halogens is 1. The minimum Gasteiger partial charge on any atom is -0.469 e. The van der Waals surface area contributed by atoms with Crippen LogP contribution < -0.4 is 20.2 Å². The summed E-state index contributed by atoms with van der Waals surface area (Å²) in [7, 11) is 2.74. The number of ether oxygens (including phenoxy) is 3. The van der Waals surface area contributed by atoms with Gasteiger partial charge in [0.25, 0.3) is 0 Å². The van der Waals surface area contributed by atoms with Gasteiger partial charge in [0.1, 0.15) is 5.82 Å². The molecule has 146 valence electrons. The zero-order valence-corrected chi connectivity index (χ0v) is 15.2. The molecule has 28 heavy (non-hydrogen) atoms. The normalized spacial score (nSPS) is 12.5. The number of nitrogens with zero attached hydrogens (tertiary/aromatic N) is 1. The van der Waals surface area contributed by atoms with Gasteiger partial charge in [-0.25, -0.2) is 14.6 Å². The number of nitrogens with one attached hydrogen (secondary N) is 2. The number of carbonyl (C=O) groups is 2. The summed E-state index contributed by atoms with van der Waals surface area (Å²) in [4.78, 5) is 23.5. The van der Waals surface area contributed by atoms with Gasteiger partial charge in [-0.2, -0.15) is 5.10 Å². The molecule has 0 atom stereocenters. The fourth-order valence-corrected chi connectivity index (χ4v) is 2.63. The van der Waals surface area contributed by atoms with Gasteiger partial charge in [-0.15, -0.1) is 0 Å². The van der Waals surface area contributed by atoms with E-state index in [1.165, 1.54) is 38.4 Å². The minimum atomic E-state index is -0.533. The molecule has 1 aliphatic heterocycles. The molecule has 3 rings (SSSR count). The second kappa shape index (κ2) is 8.38. The van der Waals surface area contributed by atoms with Crippen molar-refractivity contribution in [2.24, 2.45) is 5.10 Å². The van der Waals surface area contributed by atoms with Crippen LogP contribution in [0.1, 0.15) is 16.7 Å². The van der Waals surface area contributed by atoms with Crippen molar-refractivity contribution >= 4 is 17.7 Å². The highest BCUT2D eigenvalue weighted by Crippen LogP contribution is 2.36.